The largest absolute Gasteiger partial charge is 0.394 e. The van der Waals surface area contributed by atoms with Crippen LogP contribution in [0.25, 0.3) is 22.2 Å². The predicted molar refractivity (Wildman–Crippen MR) is 102 cm³/mol. The van der Waals surface area contributed by atoms with Crippen LogP contribution in [0.4, 0.5) is 5.82 Å². The SMILES string of the molecule is C[C@@H](CO)n1cnc2c(-c3cccnc3)nc(N3CCOCC3)cc2c1=O. The van der Waals surface area contributed by atoms with Gasteiger partial charge in [0.25, 0.3) is 5.56 Å². The summed E-state index contributed by atoms with van der Waals surface area (Å²) in [6.45, 7) is 4.32. The highest BCUT2D eigenvalue weighted by atomic mass is 16.5. The van der Waals surface area contributed by atoms with E-state index in [4.69, 9.17) is 9.72 Å². The van der Waals surface area contributed by atoms with Crippen LogP contribution in [0.2, 0.25) is 0 Å². The van der Waals surface area contributed by atoms with E-state index in [-0.39, 0.29) is 18.2 Å². The van der Waals surface area contributed by atoms with Gasteiger partial charge in [-0.3, -0.25) is 14.3 Å². The van der Waals surface area contributed by atoms with Crippen molar-refractivity contribution in [2.75, 3.05) is 37.8 Å². The van der Waals surface area contributed by atoms with Crippen molar-refractivity contribution in [3.63, 3.8) is 0 Å². The third kappa shape index (κ3) is 3.29. The molecule has 1 aliphatic heterocycles. The first-order valence-corrected chi connectivity index (χ1v) is 8.95. The molecule has 140 valence electrons. The molecule has 1 saturated heterocycles. The highest BCUT2D eigenvalue weighted by molar-refractivity contribution is 5.92. The second-order valence-corrected chi connectivity index (χ2v) is 6.55. The smallest absolute Gasteiger partial charge is 0.261 e. The Balaban J connectivity index is 1.96. The highest BCUT2D eigenvalue weighted by Crippen LogP contribution is 2.27. The summed E-state index contributed by atoms with van der Waals surface area (Å²) < 4.78 is 6.88. The molecule has 27 heavy (non-hydrogen) atoms. The molecule has 3 aromatic heterocycles. The Hall–Kier alpha value is -2.84. The molecule has 0 radical (unpaired) electrons. The molecule has 1 atom stereocenters. The third-order valence-corrected chi connectivity index (χ3v) is 4.76. The Morgan fingerprint density at radius 1 is 1.33 bits per heavy atom. The number of hydrogen-bond acceptors (Lipinski definition) is 7. The van der Waals surface area contributed by atoms with E-state index in [1.807, 2.05) is 12.1 Å². The zero-order valence-electron chi connectivity index (χ0n) is 15.1. The quantitative estimate of drug-likeness (QED) is 0.741. The number of ether oxygens (including phenoxy) is 1. The molecule has 4 heterocycles. The van der Waals surface area contributed by atoms with E-state index in [1.165, 1.54) is 10.9 Å². The van der Waals surface area contributed by atoms with E-state index in [9.17, 15) is 9.90 Å². The zero-order chi connectivity index (χ0) is 18.8. The van der Waals surface area contributed by atoms with Gasteiger partial charge in [-0.15, -0.1) is 0 Å². The van der Waals surface area contributed by atoms with Crippen molar-refractivity contribution in [3.05, 3.63) is 47.3 Å². The number of pyridine rings is 2. The van der Waals surface area contributed by atoms with Crippen molar-refractivity contribution in [1.82, 2.24) is 19.5 Å². The lowest BCUT2D eigenvalue weighted by molar-refractivity contribution is 0.122. The summed E-state index contributed by atoms with van der Waals surface area (Å²) in [6, 6.07) is 5.17. The first kappa shape index (κ1) is 17.6. The van der Waals surface area contributed by atoms with Gasteiger partial charge in [-0.1, -0.05) is 0 Å². The topological polar surface area (TPSA) is 93.4 Å². The monoisotopic (exact) mass is 367 g/mol. The van der Waals surface area contributed by atoms with Gasteiger partial charge in [0.2, 0.25) is 0 Å². The summed E-state index contributed by atoms with van der Waals surface area (Å²) >= 11 is 0. The van der Waals surface area contributed by atoms with Gasteiger partial charge >= 0.3 is 0 Å². The van der Waals surface area contributed by atoms with Crippen LogP contribution in [0.1, 0.15) is 13.0 Å². The Bertz CT molecular complexity index is 999. The van der Waals surface area contributed by atoms with Crippen LogP contribution < -0.4 is 10.5 Å². The van der Waals surface area contributed by atoms with Crippen molar-refractivity contribution in [3.8, 4) is 11.3 Å². The summed E-state index contributed by atoms with van der Waals surface area (Å²) in [6.07, 6.45) is 4.89. The van der Waals surface area contributed by atoms with E-state index in [0.29, 0.717) is 42.9 Å². The van der Waals surface area contributed by atoms with Gasteiger partial charge in [-0.2, -0.15) is 0 Å². The molecule has 0 unspecified atom stereocenters. The van der Waals surface area contributed by atoms with Crippen LogP contribution in [0.5, 0.6) is 0 Å². The molecule has 0 amide bonds. The number of rotatable bonds is 4. The summed E-state index contributed by atoms with van der Waals surface area (Å²) in [5.74, 6) is 0.720. The normalized spacial score (nSPS) is 15.9. The van der Waals surface area contributed by atoms with Crippen molar-refractivity contribution >= 4 is 16.7 Å². The number of fused-ring (bicyclic) bond motifs is 1. The average Bonchev–Trinajstić information content (AvgIpc) is 2.74. The minimum atomic E-state index is -0.351. The molecule has 1 fully saturated rings. The van der Waals surface area contributed by atoms with Gasteiger partial charge in [0, 0.05) is 31.0 Å². The van der Waals surface area contributed by atoms with Crippen molar-refractivity contribution in [2.24, 2.45) is 0 Å². The molecule has 4 rings (SSSR count). The summed E-state index contributed by atoms with van der Waals surface area (Å²) in [5, 5.41) is 9.93. The van der Waals surface area contributed by atoms with Gasteiger partial charge < -0.3 is 14.7 Å². The predicted octanol–water partition coefficient (Wildman–Crippen LogP) is 1.24. The lowest BCUT2D eigenvalue weighted by Crippen LogP contribution is -2.37. The van der Waals surface area contributed by atoms with Crippen LogP contribution in [0.15, 0.2) is 41.7 Å². The first-order chi connectivity index (χ1) is 13.2. The van der Waals surface area contributed by atoms with Gasteiger partial charge in [-0.25, -0.2) is 9.97 Å². The standard InChI is InChI=1S/C19H21N5O3/c1-13(11-25)24-12-21-18-15(19(24)26)9-16(23-5-7-27-8-6-23)22-17(18)14-3-2-4-20-10-14/h2-4,9-10,12-13,25H,5-8,11H2,1H3/t13-/m0/s1. The van der Waals surface area contributed by atoms with E-state index in [2.05, 4.69) is 14.9 Å². The lowest BCUT2D eigenvalue weighted by Gasteiger charge is -2.28. The van der Waals surface area contributed by atoms with Gasteiger partial charge in [0.1, 0.15) is 17.0 Å². The maximum atomic E-state index is 13.1. The summed E-state index contributed by atoms with van der Waals surface area (Å²) in [7, 11) is 0. The Kier molecular flexibility index (Phi) is 4.83. The van der Waals surface area contributed by atoms with Crippen LogP contribution in [-0.4, -0.2) is 57.5 Å². The Labute approximate surface area is 156 Å². The molecule has 0 aromatic carbocycles. The maximum absolute atomic E-state index is 13.1. The molecule has 1 N–H and O–H groups in total. The minimum absolute atomic E-state index is 0.135. The Morgan fingerprint density at radius 2 is 2.15 bits per heavy atom. The van der Waals surface area contributed by atoms with E-state index in [1.54, 1.807) is 25.4 Å². The number of aliphatic hydroxyl groups is 1. The number of aromatic nitrogens is 4. The highest BCUT2D eigenvalue weighted by Gasteiger charge is 2.19. The molecule has 0 bridgehead atoms. The minimum Gasteiger partial charge on any atom is -0.394 e. The molecule has 0 aliphatic carbocycles. The molecule has 0 spiro atoms. The average molecular weight is 367 g/mol. The molecular weight excluding hydrogens is 346 g/mol. The maximum Gasteiger partial charge on any atom is 0.261 e. The molecule has 3 aromatic rings. The lowest BCUT2D eigenvalue weighted by atomic mass is 10.1. The van der Waals surface area contributed by atoms with Crippen molar-refractivity contribution < 1.29 is 9.84 Å². The van der Waals surface area contributed by atoms with Crippen molar-refractivity contribution in [2.45, 2.75) is 13.0 Å². The van der Waals surface area contributed by atoms with Crippen LogP contribution >= 0.6 is 0 Å². The zero-order valence-corrected chi connectivity index (χ0v) is 15.1. The van der Waals surface area contributed by atoms with Crippen LogP contribution in [0, 0.1) is 0 Å². The molecule has 0 saturated carbocycles. The van der Waals surface area contributed by atoms with E-state index < -0.39 is 0 Å². The fraction of sp³-hybridized carbons (Fsp3) is 0.368. The number of nitrogens with zero attached hydrogens (tertiary/aromatic N) is 5. The molecular formula is C19H21N5O3. The summed E-state index contributed by atoms with van der Waals surface area (Å²) in [5.41, 5.74) is 1.77. The van der Waals surface area contributed by atoms with E-state index in [0.717, 1.165) is 11.4 Å². The number of hydrogen-bond donors (Lipinski definition) is 1. The number of aliphatic hydroxyl groups excluding tert-OH is 1. The summed E-state index contributed by atoms with van der Waals surface area (Å²) in [4.78, 5) is 28.6. The van der Waals surface area contributed by atoms with Crippen molar-refractivity contribution in [1.29, 1.82) is 0 Å². The molecule has 8 nitrogen and oxygen atoms in total. The second kappa shape index (κ2) is 7.42. The second-order valence-electron chi connectivity index (χ2n) is 6.55. The number of morpholine rings is 1. The number of anilines is 1. The van der Waals surface area contributed by atoms with Gasteiger partial charge in [-0.05, 0) is 25.1 Å². The Morgan fingerprint density at radius 3 is 2.85 bits per heavy atom. The fourth-order valence-electron chi connectivity index (χ4n) is 3.19. The van der Waals surface area contributed by atoms with Gasteiger partial charge in [0.15, 0.2) is 0 Å². The van der Waals surface area contributed by atoms with Gasteiger partial charge in [0.05, 0.1) is 37.6 Å². The fourth-order valence-corrected chi connectivity index (χ4v) is 3.19. The molecule has 1 aliphatic rings. The first-order valence-electron chi connectivity index (χ1n) is 8.95. The van der Waals surface area contributed by atoms with Crippen LogP contribution in [0.3, 0.4) is 0 Å². The molecule has 8 heteroatoms. The van der Waals surface area contributed by atoms with E-state index >= 15 is 0 Å². The van der Waals surface area contributed by atoms with Crippen LogP contribution in [-0.2, 0) is 4.74 Å². The third-order valence-electron chi connectivity index (χ3n) is 4.76.